The maximum absolute atomic E-state index is 12.4. The summed E-state index contributed by atoms with van der Waals surface area (Å²) < 4.78 is 0. The van der Waals surface area contributed by atoms with Crippen molar-refractivity contribution in [2.24, 2.45) is 5.84 Å². The second kappa shape index (κ2) is 5.93. The summed E-state index contributed by atoms with van der Waals surface area (Å²) in [4.78, 5) is 16.4. The highest BCUT2D eigenvalue weighted by molar-refractivity contribution is 5.95. The van der Waals surface area contributed by atoms with Crippen LogP contribution < -0.4 is 16.6 Å². The summed E-state index contributed by atoms with van der Waals surface area (Å²) in [6, 6.07) is 11.7. The van der Waals surface area contributed by atoms with Crippen LogP contribution in [0.2, 0.25) is 0 Å². The number of amides is 1. The number of anilines is 1. The zero-order valence-corrected chi connectivity index (χ0v) is 11.7. The number of nitrogens with zero attached hydrogens (tertiary/aromatic N) is 1. The molecule has 1 aliphatic carbocycles. The van der Waals surface area contributed by atoms with Crippen LogP contribution in [-0.4, -0.2) is 10.9 Å². The van der Waals surface area contributed by atoms with Gasteiger partial charge >= 0.3 is 0 Å². The predicted molar refractivity (Wildman–Crippen MR) is 81.6 cm³/mol. The third-order valence-electron chi connectivity index (χ3n) is 3.84. The molecule has 1 aromatic carbocycles. The molecule has 1 heterocycles. The molecule has 1 aliphatic rings. The fraction of sp³-hybridized carbons (Fsp3) is 0.250. The molecule has 1 atom stereocenters. The Balaban J connectivity index is 1.79. The monoisotopic (exact) mass is 282 g/mol. The van der Waals surface area contributed by atoms with Gasteiger partial charge in [0.15, 0.2) is 0 Å². The number of rotatable bonds is 3. The van der Waals surface area contributed by atoms with Crippen LogP contribution >= 0.6 is 0 Å². The molecule has 5 nitrogen and oxygen atoms in total. The summed E-state index contributed by atoms with van der Waals surface area (Å²) >= 11 is 0. The van der Waals surface area contributed by atoms with E-state index >= 15 is 0 Å². The summed E-state index contributed by atoms with van der Waals surface area (Å²) in [5.74, 6) is 5.70. The van der Waals surface area contributed by atoms with Crippen molar-refractivity contribution >= 4 is 11.7 Å². The molecule has 1 amide bonds. The van der Waals surface area contributed by atoms with E-state index in [2.05, 4.69) is 27.9 Å². The summed E-state index contributed by atoms with van der Waals surface area (Å²) in [6.45, 7) is 0. The highest BCUT2D eigenvalue weighted by Crippen LogP contribution is 2.29. The third-order valence-corrected chi connectivity index (χ3v) is 3.84. The fourth-order valence-electron chi connectivity index (χ4n) is 2.80. The van der Waals surface area contributed by atoms with E-state index in [1.807, 2.05) is 12.1 Å². The number of benzene rings is 1. The van der Waals surface area contributed by atoms with Gasteiger partial charge in [-0.1, -0.05) is 24.3 Å². The van der Waals surface area contributed by atoms with Gasteiger partial charge in [0.2, 0.25) is 0 Å². The lowest BCUT2D eigenvalue weighted by atomic mass is 9.87. The van der Waals surface area contributed by atoms with E-state index in [1.165, 1.54) is 11.1 Å². The van der Waals surface area contributed by atoms with Crippen LogP contribution in [0.3, 0.4) is 0 Å². The van der Waals surface area contributed by atoms with Crippen molar-refractivity contribution in [2.45, 2.75) is 25.3 Å². The highest BCUT2D eigenvalue weighted by atomic mass is 16.1. The van der Waals surface area contributed by atoms with Gasteiger partial charge in [0.05, 0.1) is 6.04 Å². The van der Waals surface area contributed by atoms with Crippen LogP contribution in [0, 0.1) is 0 Å². The lowest BCUT2D eigenvalue weighted by molar-refractivity contribution is 0.0932. The number of aryl methyl sites for hydroxylation is 1. The largest absolute Gasteiger partial charge is 0.345 e. The molecule has 1 unspecified atom stereocenters. The summed E-state index contributed by atoms with van der Waals surface area (Å²) in [5, 5.41) is 3.11. The number of fused-ring (bicyclic) bond motifs is 1. The molecule has 4 N–H and O–H groups in total. The molecular weight excluding hydrogens is 264 g/mol. The van der Waals surface area contributed by atoms with Crippen molar-refractivity contribution in [3.63, 3.8) is 0 Å². The van der Waals surface area contributed by atoms with Gasteiger partial charge in [-0.05, 0) is 42.5 Å². The molecule has 5 heteroatoms. The second-order valence-electron chi connectivity index (χ2n) is 5.19. The van der Waals surface area contributed by atoms with E-state index in [9.17, 15) is 4.79 Å². The van der Waals surface area contributed by atoms with Crippen molar-refractivity contribution in [1.82, 2.24) is 10.3 Å². The Labute approximate surface area is 123 Å². The Morgan fingerprint density at radius 3 is 3.00 bits per heavy atom. The van der Waals surface area contributed by atoms with E-state index in [4.69, 9.17) is 5.84 Å². The number of hydrogen-bond acceptors (Lipinski definition) is 4. The van der Waals surface area contributed by atoms with Crippen molar-refractivity contribution in [1.29, 1.82) is 0 Å². The maximum atomic E-state index is 12.4. The Morgan fingerprint density at radius 1 is 1.29 bits per heavy atom. The van der Waals surface area contributed by atoms with E-state index < -0.39 is 0 Å². The smallest absolute Gasteiger partial charge is 0.251 e. The number of hydrazine groups is 1. The van der Waals surface area contributed by atoms with Crippen LogP contribution in [0.5, 0.6) is 0 Å². The molecule has 108 valence electrons. The molecule has 3 rings (SSSR count). The fourth-order valence-corrected chi connectivity index (χ4v) is 2.80. The van der Waals surface area contributed by atoms with Crippen molar-refractivity contribution in [3.8, 4) is 0 Å². The minimum absolute atomic E-state index is 0.0740. The van der Waals surface area contributed by atoms with Crippen LogP contribution in [0.25, 0.3) is 0 Å². The second-order valence-corrected chi connectivity index (χ2v) is 5.19. The summed E-state index contributed by atoms with van der Waals surface area (Å²) in [7, 11) is 0. The first-order chi connectivity index (χ1) is 10.3. The standard InChI is InChI=1S/C16H18N4O/c17-20-15-10-12(8-9-18-15)16(21)19-14-7-3-5-11-4-1-2-6-13(11)14/h1-2,4,6,8-10,14H,3,5,7,17H2,(H,18,20)(H,19,21). The van der Waals surface area contributed by atoms with Gasteiger partial charge < -0.3 is 10.7 Å². The molecule has 2 aromatic rings. The third kappa shape index (κ3) is 2.87. The van der Waals surface area contributed by atoms with E-state index in [1.54, 1.807) is 18.3 Å². The number of pyridine rings is 1. The minimum atomic E-state index is -0.101. The van der Waals surface area contributed by atoms with E-state index in [0.717, 1.165) is 19.3 Å². The summed E-state index contributed by atoms with van der Waals surface area (Å²) in [6.07, 6.45) is 4.71. The van der Waals surface area contributed by atoms with Gasteiger partial charge in [0.25, 0.3) is 5.91 Å². The normalized spacial score (nSPS) is 16.9. The number of hydrogen-bond donors (Lipinski definition) is 3. The SMILES string of the molecule is NNc1cc(C(=O)NC2CCCc3ccccc32)ccn1. The van der Waals surface area contributed by atoms with Gasteiger partial charge in [-0.3, -0.25) is 4.79 Å². The Bertz CT molecular complexity index is 656. The highest BCUT2D eigenvalue weighted by Gasteiger charge is 2.21. The number of nitrogen functional groups attached to an aromatic ring is 1. The Hall–Kier alpha value is -2.40. The maximum Gasteiger partial charge on any atom is 0.251 e. The van der Waals surface area contributed by atoms with Gasteiger partial charge in [-0.15, -0.1) is 0 Å². The van der Waals surface area contributed by atoms with Crippen LogP contribution in [0.15, 0.2) is 42.6 Å². The lowest BCUT2D eigenvalue weighted by Crippen LogP contribution is -2.31. The number of carbonyl (C=O) groups is 1. The van der Waals surface area contributed by atoms with Crippen LogP contribution in [0.4, 0.5) is 5.82 Å². The van der Waals surface area contributed by atoms with Crippen LogP contribution in [-0.2, 0) is 6.42 Å². The Kier molecular flexibility index (Phi) is 3.83. The van der Waals surface area contributed by atoms with E-state index in [0.29, 0.717) is 11.4 Å². The van der Waals surface area contributed by atoms with Crippen molar-refractivity contribution < 1.29 is 4.79 Å². The Morgan fingerprint density at radius 2 is 2.14 bits per heavy atom. The minimum Gasteiger partial charge on any atom is -0.345 e. The quantitative estimate of drug-likeness (QED) is 0.595. The number of aromatic nitrogens is 1. The molecule has 0 spiro atoms. The molecule has 21 heavy (non-hydrogen) atoms. The topological polar surface area (TPSA) is 80.0 Å². The summed E-state index contributed by atoms with van der Waals surface area (Å²) in [5.41, 5.74) is 5.56. The van der Waals surface area contributed by atoms with Crippen molar-refractivity contribution in [3.05, 3.63) is 59.3 Å². The number of nitrogens with two attached hydrogens (primary N) is 1. The van der Waals surface area contributed by atoms with Gasteiger partial charge in [-0.25, -0.2) is 10.8 Å². The molecule has 0 aliphatic heterocycles. The van der Waals surface area contributed by atoms with E-state index in [-0.39, 0.29) is 11.9 Å². The predicted octanol–water partition coefficient (Wildman–Crippen LogP) is 2.17. The lowest BCUT2D eigenvalue weighted by Gasteiger charge is -2.26. The van der Waals surface area contributed by atoms with Gasteiger partial charge in [0.1, 0.15) is 5.82 Å². The average molecular weight is 282 g/mol. The molecular formula is C16H18N4O. The first-order valence-corrected chi connectivity index (χ1v) is 7.09. The molecule has 0 saturated carbocycles. The first-order valence-electron chi connectivity index (χ1n) is 7.09. The number of carbonyl (C=O) groups excluding carboxylic acids is 1. The zero-order chi connectivity index (χ0) is 14.7. The first kappa shape index (κ1) is 13.6. The van der Waals surface area contributed by atoms with Gasteiger partial charge in [0, 0.05) is 11.8 Å². The number of nitrogens with one attached hydrogen (secondary N) is 2. The molecule has 0 bridgehead atoms. The van der Waals surface area contributed by atoms with Crippen molar-refractivity contribution in [2.75, 3.05) is 5.43 Å². The molecule has 0 fully saturated rings. The molecule has 1 aromatic heterocycles. The molecule has 0 radical (unpaired) electrons. The molecule has 0 saturated heterocycles. The van der Waals surface area contributed by atoms with Crippen LogP contribution in [0.1, 0.15) is 40.4 Å². The zero-order valence-electron chi connectivity index (χ0n) is 11.7. The average Bonchev–Trinajstić information content (AvgIpc) is 2.55. The van der Waals surface area contributed by atoms with Gasteiger partial charge in [-0.2, -0.15) is 0 Å².